The highest BCUT2D eigenvalue weighted by molar-refractivity contribution is 7.10. The molecule has 1 aromatic heterocycles. The molecule has 0 aliphatic carbocycles. The van der Waals surface area contributed by atoms with Gasteiger partial charge in [-0.3, -0.25) is 14.5 Å². The van der Waals surface area contributed by atoms with Gasteiger partial charge >= 0.3 is 0 Å². The number of para-hydroxylation sites is 2. The molecule has 2 aliphatic rings. The fourth-order valence-corrected chi connectivity index (χ4v) is 5.03. The summed E-state index contributed by atoms with van der Waals surface area (Å²) in [7, 11) is 0. The van der Waals surface area contributed by atoms with E-state index in [2.05, 4.69) is 25.4 Å². The van der Waals surface area contributed by atoms with E-state index in [9.17, 15) is 9.59 Å². The first kappa shape index (κ1) is 26.3. The van der Waals surface area contributed by atoms with Crippen LogP contribution in [0.1, 0.15) is 34.3 Å². The first-order chi connectivity index (χ1) is 14.6. The maximum absolute atomic E-state index is 12.9. The number of aromatic nitrogens is 1. The van der Waals surface area contributed by atoms with E-state index in [1.165, 1.54) is 0 Å². The number of piperidine rings is 1. The first-order valence-electron chi connectivity index (χ1n) is 10.4. The third kappa shape index (κ3) is 6.55. The van der Waals surface area contributed by atoms with Crippen LogP contribution in [0.15, 0.2) is 29.6 Å². The van der Waals surface area contributed by atoms with Crippen molar-refractivity contribution in [3.05, 3.63) is 40.3 Å². The fourth-order valence-electron chi connectivity index (χ4n) is 4.06. The minimum atomic E-state index is -0.303. The Kier molecular flexibility index (Phi) is 10.2. The molecule has 176 valence electrons. The van der Waals surface area contributed by atoms with E-state index in [-0.39, 0.29) is 43.2 Å². The van der Waals surface area contributed by atoms with Gasteiger partial charge in [-0.15, -0.1) is 36.2 Å². The molecule has 0 saturated carbocycles. The Labute approximate surface area is 204 Å². The molecule has 2 fully saturated rings. The zero-order valence-electron chi connectivity index (χ0n) is 17.8. The Balaban J connectivity index is 0.00000181. The van der Waals surface area contributed by atoms with Crippen molar-refractivity contribution in [1.82, 2.24) is 15.2 Å². The number of halogens is 2. The van der Waals surface area contributed by atoms with Crippen LogP contribution >= 0.6 is 36.2 Å². The predicted octanol–water partition coefficient (Wildman–Crippen LogP) is 2.31. The monoisotopic (exact) mass is 500 g/mol. The molecule has 0 spiro atoms. The number of rotatable bonds is 6. The van der Waals surface area contributed by atoms with E-state index in [0.717, 1.165) is 68.5 Å². The van der Waals surface area contributed by atoms with Crippen LogP contribution < -0.4 is 21.3 Å². The minimum Gasteiger partial charge on any atom is -0.369 e. The number of hydrogen-bond acceptors (Lipinski definition) is 7. The lowest BCUT2D eigenvalue weighted by Gasteiger charge is -2.36. The molecular weight excluding hydrogens is 471 g/mol. The zero-order valence-corrected chi connectivity index (χ0v) is 20.2. The molecule has 2 aromatic rings. The summed E-state index contributed by atoms with van der Waals surface area (Å²) in [5.74, 6) is -0.0312. The van der Waals surface area contributed by atoms with Gasteiger partial charge in [-0.05, 0) is 38.1 Å². The van der Waals surface area contributed by atoms with Gasteiger partial charge in [0.05, 0.1) is 22.9 Å². The van der Waals surface area contributed by atoms with Crippen molar-refractivity contribution in [1.29, 1.82) is 0 Å². The number of amides is 2. The molecule has 2 aliphatic heterocycles. The summed E-state index contributed by atoms with van der Waals surface area (Å²) in [6, 6.07) is 7.83. The molecule has 0 bridgehead atoms. The molecule has 0 atom stereocenters. The standard InChI is InChI=1S/C21H28N6O2S.2ClH/c22-19(28)13-26-9-11-27(12-10-26)18-4-2-1-3-16(18)24-20(29)17-14-30-21(25-17)15-5-7-23-8-6-15;;/h1-4,14-15,23H,5-13H2,(H2,22,28)(H,24,29);2*1H. The molecule has 32 heavy (non-hydrogen) atoms. The summed E-state index contributed by atoms with van der Waals surface area (Å²) in [6.07, 6.45) is 2.14. The second-order valence-corrected chi connectivity index (χ2v) is 8.69. The topological polar surface area (TPSA) is 104 Å². The first-order valence-corrected chi connectivity index (χ1v) is 11.3. The van der Waals surface area contributed by atoms with Gasteiger partial charge in [-0.25, -0.2) is 4.98 Å². The summed E-state index contributed by atoms with van der Waals surface area (Å²) in [4.78, 5) is 32.9. The molecule has 3 heterocycles. The molecule has 1 aromatic carbocycles. The van der Waals surface area contributed by atoms with Crippen molar-refractivity contribution >= 4 is 59.3 Å². The number of piperazine rings is 1. The van der Waals surface area contributed by atoms with E-state index in [1.54, 1.807) is 11.3 Å². The van der Waals surface area contributed by atoms with Crippen molar-refractivity contribution in [3.63, 3.8) is 0 Å². The molecule has 2 saturated heterocycles. The van der Waals surface area contributed by atoms with E-state index < -0.39 is 0 Å². The van der Waals surface area contributed by atoms with Gasteiger partial charge in [0.2, 0.25) is 5.91 Å². The smallest absolute Gasteiger partial charge is 0.275 e. The minimum absolute atomic E-state index is 0. The molecule has 4 N–H and O–H groups in total. The Morgan fingerprint density at radius 3 is 2.50 bits per heavy atom. The predicted molar refractivity (Wildman–Crippen MR) is 134 cm³/mol. The Morgan fingerprint density at radius 2 is 1.81 bits per heavy atom. The molecule has 11 heteroatoms. The third-order valence-corrected chi connectivity index (χ3v) is 6.69. The number of nitrogens with one attached hydrogen (secondary N) is 2. The summed E-state index contributed by atoms with van der Waals surface area (Å²) >= 11 is 1.58. The lowest BCUT2D eigenvalue weighted by atomic mass is 9.99. The summed E-state index contributed by atoms with van der Waals surface area (Å²) in [5, 5.41) is 9.33. The van der Waals surface area contributed by atoms with Crippen LogP contribution in [0.5, 0.6) is 0 Å². The molecule has 4 rings (SSSR count). The number of hydrogen-bond donors (Lipinski definition) is 3. The molecule has 2 amide bonds. The van der Waals surface area contributed by atoms with Gasteiger partial charge < -0.3 is 21.3 Å². The molecule has 8 nitrogen and oxygen atoms in total. The van der Waals surface area contributed by atoms with E-state index in [4.69, 9.17) is 5.73 Å². The van der Waals surface area contributed by atoms with Crippen LogP contribution in [0.25, 0.3) is 0 Å². The van der Waals surface area contributed by atoms with Gasteiger partial charge in [0, 0.05) is 37.5 Å². The van der Waals surface area contributed by atoms with Crippen molar-refractivity contribution in [2.45, 2.75) is 18.8 Å². The Morgan fingerprint density at radius 1 is 1.12 bits per heavy atom. The Bertz CT molecular complexity index is 898. The third-order valence-electron chi connectivity index (χ3n) is 5.69. The van der Waals surface area contributed by atoms with Crippen LogP contribution in [0.4, 0.5) is 11.4 Å². The average molecular weight is 501 g/mol. The number of carbonyl (C=O) groups is 2. The number of thiazole rings is 1. The van der Waals surface area contributed by atoms with Gasteiger partial charge in [-0.1, -0.05) is 12.1 Å². The number of nitrogens with zero attached hydrogens (tertiary/aromatic N) is 3. The van der Waals surface area contributed by atoms with E-state index in [1.807, 2.05) is 29.6 Å². The quantitative estimate of drug-likeness (QED) is 0.562. The fraction of sp³-hybridized carbons (Fsp3) is 0.476. The van der Waals surface area contributed by atoms with Crippen molar-refractivity contribution in [3.8, 4) is 0 Å². The SMILES string of the molecule is Cl.Cl.NC(=O)CN1CCN(c2ccccc2NC(=O)c2csc(C3CCNCC3)n2)CC1. The summed E-state index contributed by atoms with van der Waals surface area (Å²) in [6.45, 7) is 5.37. The maximum atomic E-state index is 12.9. The number of benzene rings is 1. The van der Waals surface area contributed by atoms with Crippen molar-refractivity contribution in [2.75, 3.05) is 56.0 Å². The highest BCUT2D eigenvalue weighted by Gasteiger charge is 2.23. The lowest BCUT2D eigenvalue weighted by Crippen LogP contribution is -2.49. The number of anilines is 2. The van der Waals surface area contributed by atoms with Crippen molar-refractivity contribution in [2.24, 2.45) is 5.73 Å². The lowest BCUT2D eigenvalue weighted by molar-refractivity contribution is -0.119. The van der Waals surface area contributed by atoms with Gasteiger partial charge in [0.1, 0.15) is 5.69 Å². The van der Waals surface area contributed by atoms with Gasteiger partial charge in [0.15, 0.2) is 0 Å². The average Bonchev–Trinajstić information content (AvgIpc) is 3.26. The summed E-state index contributed by atoms with van der Waals surface area (Å²) in [5.41, 5.74) is 7.55. The number of carbonyl (C=O) groups excluding carboxylic acids is 2. The Hall–Kier alpha value is -1.91. The molecule has 0 radical (unpaired) electrons. The van der Waals surface area contributed by atoms with Crippen LogP contribution in [0.3, 0.4) is 0 Å². The largest absolute Gasteiger partial charge is 0.369 e. The van der Waals surface area contributed by atoms with Crippen LogP contribution in [0.2, 0.25) is 0 Å². The van der Waals surface area contributed by atoms with Gasteiger partial charge in [-0.2, -0.15) is 0 Å². The van der Waals surface area contributed by atoms with E-state index in [0.29, 0.717) is 11.6 Å². The van der Waals surface area contributed by atoms with Crippen LogP contribution in [-0.2, 0) is 4.79 Å². The molecular formula is C21H30Cl2N6O2S. The normalized spacial score (nSPS) is 17.2. The second kappa shape index (κ2) is 12.4. The second-order valence-electron chi connectivity index (χ2n) is 7.80. The van der Waals surface area contributed by atoms with Crippen LogP contribution in [0, 0.1) is 0 Å². The summed E-state index contributed by atoms with van der Waals surface area (Å²) < 4.78 is 0. The van der Waals surface area contributed by atoms with Crippen LogP contribution in [-0.4, -0.2) is 67.5 Å². The maximum Gasteiger partial charge on any atom is 0.275 e. The van der Waals surface area contributed by atoms with E-state index >= 15 is 0 Å². The number of primary amides is 1. The molecule has 0 unspecified atom stereocenters. The van der Waals surface area contributed by atoms with Gasteiger partial charge in [0.25, 0.3) is 5.91 Å². The van der Waals surface area contributed by atoms with Crippen molar-refractivity contribution < 1.29 is 9.59 Å². The highest BCUT2D eigenvalue weighted by atomic mass is 35.5. The zero-order chi connectivity index (χ0) is 20.9. The highest BCUT2D eigenvalue weighted by Crippen LogP contribution is 2.30. The number of nitrogens with two attached hydrogens (primary N) is 1.